The van der Waals surface area contributed by atoms with Crippen LogP contribution in [0.2, 0.25) is 0 Å². The van der Waals surface area contributed by atoms with Gasteiger partial charge in [-0.15, -0.1) is 0 Å². The molecule has 2 N–H and O–H groups in total. The zero-order valence-corrected chi connectivity index (χ0v) is 11.9. The van der Waals surface area contributed by atoms with Crippen LogP contribution in [0.1, 0.15) is 38.9 Å². The average molecular weight is 264 g/mol. The third kappa shape index (κ3) is 3.80. The Kier molecular flexibility index (Phi) is 4.96. The average Bonchev–Trinajstić information content (AvgIpc) is 2.88. The molecule has 2 heterocycles. The summed E-state index contributed by atoms with van der Waals surface area (Å²) in [4.78, 5) is 11.1. The Bertz CT molecular complexity index is 404. The number of aryl methyl sites for hydroxylation is 1. The van der Waals surface area contributed by atoms with Crippen LogP contribution >= 0.6 is 0 Å². The number of ether oxygens (including phenoxy) is 1. The predicted molar refractivity (Wildman–Crippen MR) is 77.3 cm³/mol. The van der Waals surface area contributed by atoms with Gasteiger partial charge in [0, 0.05) is 32.2 Å². The van der Waals surface area contributed by atoms with Gasteiger partial charge in [-0.3, -0.25) is 0 Å². The molecule has 0 spiro atoms. The second-order valence-corrected chi connectivity index (χ2v) is 4.99. The summed E-state index contributed by atoms with van der Waals surface area (Å²) in [7, 11) is 0. The minimum atomic E-state index is 0.325. The lowest BCUT2D eigenvalue weighted by Gasteiger charge is -2.25. The van der Waals surface area contributed by atoms with Crippen molar-refractivity contribution in [2.45, 2.75) is 45.6 Å². The third-order valence-electron chi connectivity index (χ3n) is 3.41. The molecule has 1 aliphatic heterocycles. The summed E-state index contributed by atoms with van der Waals surface area (Å²) >= 11 is 0. The van der Waals surface area contributed by atoms with Crippen LogP contribution in [0.15, 0.2) is 6.07 Å². The molecule has 1 atom stereocenters. The van der Waals surface area contributed by atoms with Crippen LogP contribution in [0, 0.1) is 0 Å². The van der Waals surface area contributed by atoms with Gasteiger partial charge in [0.05, 0.1) is 6.10 Å². The number of hydrogen-bond donors (Lipinski definition) is 1. The van der Waals surface area contributed by atoms with Crippen molar-refractivity contribution in [3.8, 4) is 0 Å². The topological polar surface area (TPSA) is 64.3 Å². The number of nitrogen functional groups attached to an aromatic ring is 1. The van der Waals surface area contributed by atoms with E-state index in [2.05, 4.69) is 28.7 Å². The van der Waals surface area contributed by atoms with Crippen molar-refractivity contribution in [3.63, 3.8) is 0 Å². The molecule has 1 aromatic heterocycles. The number of likely N-dealkylation sites (N-methyl/N-ethyl adjacent to an activating group) is 1. The van der Waals surface area contributed by atoms with Crippen molar-refractivity contribution in [2.24, 2.45) is 0 Å². The molecule has 1 fully saturated rings. The standard InChI is InChI=1S/C14H24N4O/c1-3-6-13-16-12(15)9-14(17-13)18(4-2)10-11-7-5-8-19-11/h9,11H,3-8,10H2,1-2H3,(H2,15,16,17). The van der Waals surface area contributed by atoms with Gasteiger partial charge in [-0.1, -0.05) is 6.92 Å². The minimum absolute atomic E-state index is 0.325. The fourth-order valence-corrected chi connectivity index (χ4v) is 2.42. The van der Waals surface area contributed by atoms with Crippen LogP contribution in [0.25, 0.3) is 0 Å². The highest BCUT2D eigenvalue weighted by Gasteiger charge is 2.19. The quantitative estimate of drug-likeness (QED) is 0.851. The summed E-state index contributed by atoms with van der Waals surface area (Å²) in [6, 6.07) is 1.86. The third-order valence-corrected chi connectivity index (χ3v) is 3.41. The molecule has 1 unspecified atom stereocenters. The fraction of sp³-hybridized carbons (Fsp3) is 0.714. The van der Waals surface area contributed by atoms with Crippen LogP contribution < -0.4 is 10.6 Å². The summed E-state index contributed by atoms with van der Waals surface area (Å²) < 4.78 is 5.70. The highest BCUT2D eigenvalue weighted by Crippen LogP contribution is 2.19. The number of aromatic nitrogens is 2. The number of rotatable bonds is 6. The molecular weight excluding hydrogens is 240 g/mol. The Morgan fingerprint density at radius 2 is 2.26 bits per heavy atom. The van der Waals surface area contributed by atoms with E-state index in [9.17, 15) is 0 Å². The SMILES string of the molecule is CCCc1nc(N)cc(N(CC)CC2CCCO2)n1. The van der Waals surface area contributed by atoms with Gasteiger partial charge in [0.15, 0.2) is 0 Å². The monoisotopic (exact) mass is 264 g/mol. The van der Waals surface area contributed by atoms with Crippen LogP contribution in [-0.4, -0.2) is 35.8 Å². The molecule has 1 aromatic rings. The lowest BCUT2D eigenvalue weighted by atomic mass is 10.2. The van der Waals surface area contributed by atoms with Gasteiger partial charge in [0.1, 0.15) is 17.5 Å². The van der Waals surface area contributed by atoms with Crippen molar-refractivity contribution in [1.29, 1.82) is 0 Å². The van der Waals surface area contributed by atoms with E-state index >= 15 is 0 Å². The maximum atomic E-state index is 5.88. The van der Waals surface area contributed by atoms with Crippen molar-refractivity contribution in [2.75, 3.05) is 30.3 Å². The van der Waals surface area contributed by atoms with Gasteiger partial charge in [0.25, 0.3) is 0 Å². The number of hydrogen-bond acceptors (Lipinski definition) is 5. The molecule has 2 rings (SSSR count). The smallest absolute Gasteiger partial charge is 0.134 e. The number of anilines is 2. The van der Waals surface area contributed by atoms with Gasteiger partial charge in [-0.2, -0.15) is 0 Å². The molecule has 0 radical (unpaired) electrons. The normalized spacial score (nSPS) is 18.7. The molecule has 0 amide bonds. The Hall–Kier alpha value is -1.36. The Balaban J connectivity index is 2.11. The minimum Gasteiger partial charge on any atom is -0.384 e. The largest absolute Gasteiger partial charge is 0.384 e. The van der Waals surface area contributed by atoms with E-state index in [-0.39, 0.29) is 0 Å². The van der Waals surface area contributed by atoms with E-state index in [1.807, 2.05) is 6.07 Å². The molecular formula is C14H24N4O. The van der Waals surface area contributed by atoms with Gasteiger partial charge < -0.3 is 15.4 Å². The van der Waals surface area contributed by atoms with Crippen LogP contribution in [0.5, 0.6) is 0 Å². The summed E-state index contributed by atoms with van der Waals surface area (Å²) in [5, 5.41) is 0. The second kappa shape index (κ2) is 6.70. The highest BCUT2D eigenvalue weighted by atomic mass is 16.5. The van der Waals surface area contributed by atoms with E-state index in [0.717, 1.165) is 57.0 Å². The Labute approximate surface area is 115 Å². The molecule has 5 nitrogen and oxygen atoms in total. The van der Waals surface area contributed by atoms with Crippen LogP contribution in [0.3, 0.4) is 0 Å². The first-order valence-electron chi connectivity index (χ1n) is 7.23. The fourth-order valence-electron chi connectivity index (χ4n) is 2.42. The van der Waals surface area contributed by atoms with E-state index < -0.39 is 0 Å². The summed E-state index contributed by atoms with van der Waals surface area (Å²) in [5.74, 6) is 2.32. The first-order chi connectivity index (χ1) is 9.22. The maximum Gasteiger partial charge on any atom is 0.134 e. The van der Waals surface area contributed by atoms with E-state index in [1.165, 1.54) is 0 Å². The molecule has 106 valence electrons. The predicted octanol–water partition coefficient (Wildman–Crippen LogP) is 2.02. The zero-order valence-electron chi connectivity index (χ0n) is 11.9. The molecule has 0 aromatic carbocycles. The molecule has 1 aliphatic rings. The second-order valence-electron chi connectivity index (χ2n) is 4.99. The lowest BCUT2D eigenvalue weighted by molar-refractivity contribution is 0.115. The number of nitrogens with two attached hydrogens (primary N) is 1. The van der Waals surface area contributed by atoms with Gasteiger partial charge >= 0.3 is 0 Å². The van der Waals surface area contributed by atoms with Crippen molar-refractivity contribution >= 4 is 11.6 Å². The Morgan fingerprint density at radius 3 is 2.89 bits per heavy atom. The Morgan fingerprint density at radius 1 is 1.42 bits per heavy atom. The van der Waals surface area contributed by atoms with E-state index in [0.29, 0.717) is 11.9 Å². The van der Waals surface area contributed by atoms with E-state index in [1.54, 1.807) is 0 Å². The van der Waals surface area contributed by atoms with Crippen molar-refractivity contribution in [3.05, 3.63) is 11.9 Å². The molecule has 1 saturated heterocycles. The number of nitrogens with zero attached hydrogens (tertiary/aromatic N) is 3. The van der Waals surface area contributed by atoms with Gasteiger partial charge in [0.2, 0.25) is 0 Å². The maximum absolute atomic E-state index is 5.88. The van der Waals surface area contributed by atoms with Crippen molar-refractivity contribution < 1.29 is 4.74 Å². The molecule has 0 saturated carbocycles. The lowest BCUT2D eigenvalue weighted by Crippen LogP contribution is -2.33. The first-order valence-corrected chi connectivity index (χ1v) is 7.23. The summed E-state index contributed by atoms with van der Waals surface area (Å²) in [6.07, 6.45) is 4.52. The van der Waals surface area contributed by atoms with Gasteiger partial charge in [-0.25, -0.2) is 9.97 Å². The molecule has 0 bridgehead atoms. The van der Waals surface area contributed by atoms with Crippen LogP contribution in [0.4, 0.5) is 11.6 Å². The first kappa shape index (κ1) is 14.1. The summed E-state index contributed by atoms with van der Waals surface area (Å²) in [6.45, 7) is 6.93. The molecule has 19 heavy (non-hydrogen) atoms. The van der Waals surface area contributed by atoms with Gasteiger partial charge in [-0.05, 0) is 26.2 Å². The van der Waals surface area contributed by atoms with Crippen LogP contribution in [-0.2, 0) is 11.2 Å². The molecule has 0 aliphatic carbocycles. The van der Waals surface area contributed by atoms with E-state index in [4.69, 9.17) is 10.5 Å². The van der Waals surface area contributed by atoms with Crippen molar-refractivity contribution in [1.82, 2.24) is 9.97 Å². The summed E-state index contributed by atoms with van der Waals surface area (Å²) in [5.41, 5.74) is 5.88. The highest BCUT2D eigenvalue weighted by molar-refractivity contribution is 5.47. The molecule has 5 heteroatoms. The zero-order chi connectivity index (χ0) is 13.7.